The molecule has 0 bridgehead atoms. The number of hydrogen-bond donors (Lipinski definition) is 1. The Kier molecular flexibility index (Phi) is 6.58. The highest BCUT2D eigenvalue weighted by molar-refractivity contribution is 7.80. The van der Waals surface area contributed by atoms with Crippen molar-refractivity contribution in [1.82, 2.24) is 5.32 Å². The molecular formula is C18H19NO2S. The van der Waals surface area contributed by atoms with Crippen molar-refractivity contribution in [1.29, 1.82) is 0 Å². The molecule has 0 aliphatic heterocycles. The van der Waals surface area contributed by atoms with Crippen LogP contribution in [0.4, 0.5) is 0 Å². The topological polar surface area (TPSA) is 38.3 Å². The summed E-state index contributed by atoms with van der Waals surface area (Å²) >= 11 is 5.09. The van der Waals surface area contributed by atoms with E-state index in [1.807, 2.05) is 36.4 Å². The van der Waals surface area contributed by atoms with Crippen molar-refractivity contribution >= 4 is 23.2 Å². The number of thiocarbonyl (C=S) groups is 1. The van der Waals surface area contributed by atoms with Crippen molar-refractivity contribution in [3.8, 4) is 0 Å². The van der Waals surface area contributed by atoms with Gasteiger partial charge in [-0.25, -0.2) is 0 Å². The second-order valence-electron chi connectivity index (χ2n) is 4.84. The number of benzene rings is 2. The molecule has 0 fully saturated rings. The van der Waals surface area contributed by atoms with E-state index in [1.165, 1.54) is 5.56 Å². The number of ketones is 1. The van der Waals surface area contributed by atoms with Gasteiger partial charge in [0.2, 0.25) is 0 Å². The van der Waals surface area contributed by atoms with Crippen LogP contribution in [0.2, 0.25) is 0 Å². The van der Waals surface area contributed by atoms with Crippen LogP contribution in [0.1, 0.15) is 22.3 Å². The summed E-state index contributed by atoms with van der Waals surface area (Å²) in [6.07, 6.45) is 1.21. The van der Waals surface area contributed by atoms with Crippen molar-refractivity contribution in [3.05, 3.63) is 71.8 Å². The predicted molar refractivity (Wildman–Crippen MR) is 92.1 cm³/mol. The summed E-state index contributed by atoms with van der Waals surface area (Å²) in [7, 11) is 0. The Morgan fingerprint density at radius 1 is 1.00 bits per heavy atom. The fourth-order valence-corrected chi connectivity index (χ4v) is 2.19. The molecule has 1 N–H and O–H groups in total. The summed E-state index contributed by atoms with van der Waals surface area (Å²) in [6.45, 7) is 1.01. The quantitative estimate of drug-likeness (QED) is 0.628. The van der Waals surface area contributed by atoms with E-state index in [2.05, 4.69) is 17.4 Å². The number of rotatable bonds is 7. The Morgan fingerprint density at radius 2 is 1.64 bits per heavy atom. The zero-order valence-electron chi connectivity index (χ0n) is 12.3. The molecule has 0 amide bonds. The average Bonchev–Trinajstić information content (AvgIpc) is 2.56. The standard InChI is InChI=1S/C18H19NO2S/c20-17(16-9-5-2-6-10-16)12-14-21-18(22)19-13-11-15-7-3-1-4-8-15/h1-10H,11-14H2,(H,19,22). The average molecular weight is 313 g/mol. The van der Waals surface area contributed by atoms with E-state index in [-0.39, 0.29) is 5.78 Å². The molecule has 0 atom stereocenters. The smallest absolute Gasteiger partial charge is 0.256 e. The minimum Gasteiger partial charge on any atom is -0.471 e. The van der Waals surface area contributed by atoms with Gasteiger partial charge in [-0.1, -0.05) is 60.7 Å². The molecule has 0 saturated carbocycles. The Morgan fingerprint density at radius 3 is 2.32 bits per heavy atom. The summed E-state index contributed by atoms with van der Waals surface area (Å²) in [4.78, 5) is 11.9. The Hall–Kier alpha value is -2.20. The predicted octanol–water partition coefficient (Wildman–Crippen LogP) is 3.39. The molecule has 4 heteroatoms. The van der Waals surface area contributed by atoms with Crippen LogP contribution in [0.3, 0.4) is 0 Å². The maximum absolute atomic E-state index is 11.9. The third kappa shape index (κ3) is 5.66. The largest absolute Gasteiger partial charge is 0.471 e. The van der Waals surface area contributed by atoms with Crippen LogP contribution < -0.4 is 5.32 Å². The molecule has 0 heterocycles. The molecular weight excluding hydrogens is 294 g/mol. The van der Waals surface area contributed by atoms with Crippen molar-refractivity contribution in [3.63, 3.8) is 0 Å². The molecule has 2 rings (SSSR count). The monoisotopic (exact) mass is 313 g/mol. The summed E-state index contributed by atoms with van der Waals surface area (Å²) < 4.78 is 5.37. The Bertz CT molecular complexity index is 599. The van der Waals surface area contributed by atoms with Crippen LogP contribution in [0.5, 0.6) is 0 Å². The highest BCUT2D eigenvalue weighted by Gasteiger charge is 2.05. The van der Waals surface area contributed by atoms with E-state index >= 15 is 0 Å². The van der Waals surface area contributed by atoms with Crippen molar-refractivity contribution in [2.45, 2.75) is 12.8 Å². The molecule has 22 heavy (non-hydrogen) atoms. The van der Waals surface area contributed by atoms with Gasteiger partial charge in [0.1, 0.15) is 0 Å². The molecule has 2 aromatic rings. The van der Waals surface area contributed by atoms with Gasteiger partial charge in [0, 0.05) is 18.5 Å². The third-order valence-electron chi connectivity index (χ3n) is 3.18. The molecule has 0 radical (unpaired) electrons. The lowest BCUT2D eigenvalue weighted by atomic mass is 10.1. The van der Waals surface area contributed by atoms with Gasteiger partial charge in [-0.2, -0.15) is 0 Å². The lowest BCUT2D eigenvalue weighted by molar-refractivity contribution is 0.0959. The summed E-state index contributed by atoms with van der Waals surface area (Å²) in [5, 5.41) is 3.39. The SMILES string of the molecule is O=C(CCOC(=S)NCCc1ccccc1)c1ccccc1. The van der Waals surface area contributed by atoms with Crippen LogP contribution in [0.25, 0.3) is 0 Å². The van der Waals surface area contributed by atoms with Crippen LogP contribution >= 0.6 is 12.2 Å². The maximum atomic E-state index is 11.9. The van der Waals surface area contributed by atoms with E-state index in [4.69, 9.17) is 17.0 Å². The molecule has 0 aliphatic rings. The van der Waals surface area contributed by atoms with E-state index in [1.54, 1.807) is 12.1 Å². The van der Waals surface area contributed by atoms with Crippen molar-refractivity contribution < 1.29 is 9.53 Å². The van der Waals surface area contributed by atoms with Crippen LogP contribution in [-0.4, -0.2) is 24.1 Å². The molecule has 114 valence electrons. The fraction of sp³-hybridized carbons (Fsp3) is 0.222. The minimum absolute atomic E-state index is 0.0627. The van der Waals surface area contributed by atoms with Gasteiger partial charge in [0.05, 0.1) is 6.61 Å². The van der Waals surface area contributed by atoms with Crippen molar-refractivity contribution in [2.24, 2.45) is 0 Å². The van der Waals surface area contributed by atoms with Crippen LogP contribution in [-0.2, 0) is 11.2 Å². The number of ether oxygens (including phenoxy) is 1. The maximum Gasteiger partial charge on any atom is 0.256 e. The molecule has 0 aliphatic carbocycles. The molecule has 2 aromatic carbocycles. The second-order valence-corrected chi connectivity index (χ2v) is 5.21. The normalized spacial score (nSPS) is 10.0. The second kappa shape index (κ2) is 8.95. The first-order chi connectivity index (χ1) is 10.8. The van der Waals surface area contributed by atoms with E-state index in [0.29, 0.717) is 23.8 Å². The van der Waals surface area contributed by atoms with Crippen LogP contribution in [0.15, 0.2) is 60.7 Å². The lowest BCUT2D eigenvalue weighted by Crippen LogP contribution is -2.27. The van der Waals surface area contributed by atoms with Gasteiger partial charge < -0.3 is 10.1 Å². The first-order valence-electron chi connectivity index (χ1n) is 7.28. The van der Waals surface area contributed by atoms with Gasteiger partial charge in [-0.05, 0) is 24.2 Å². The molecule has 0 spiro atoms. The fourth-order valence-electron chi connectivity index (χ4n) is 2.01. The highest BCUT2D eigenvalue weighted by Crippen LogP contribution is 2.03. The first-order valence-corrected chi connectivity index (χ1v) is 7.69. The number of carbonyl (C=O) groups is 1. The Labute approximate surface area is 136 Å². The van der Waals surface area contributed by atoms with Gasteiger partial charge >= 0.3 is 0 Å². The molecule has 0 unspecified atom stereocenters. The number of Topliss-reactive ketones (excluding diaryl/α,β-unsaturated/α-hetero) is 1. The molecule has 0 aromatic heterocycles. The first kappa shape index (κ1) is 16.2. The number of nitrogens with one attached hydrogen (secondary N) is 1. The number of hydrogen-bond acceptors (Lipinski definition) is 3. The van der Waals surface area contributed by atoms with E-state index in [9.17, 15) is 4.79 Å². The molecule has 0 saturated heterocycles. The lowest BCUT2D eigenvalue weighted by Gasteiger charge is -2.09. The van der Waals surface area contributed by atoms with E-state index in [0.717, 1.165) is 13.0 Å². The summed E-state index contributed by atoms with van der Waals surface area (Å²) in [5.41, 5.74) is 1.95. The van der Waals surface area contributed by atoms with E-state index < -0.39 is 0 Å². The minimum atomic E-state index is 0.0627. The van der Waals surface area contributed by atoms with Gasteiger partial charge in [0.25, 0.3) is 5.17 Å². The van der Waals surface area contributed by atoms with Gasteiger partial charge in [-0.15, -0.1) is 0 Å². The van der Waals surface area contributed by atoms with Gasteiger partial charge in [0.15, 0.2) is 5.78 Å². The third-order valence-corrected chi connectivity index (χ3v) is 3.45. The Balaban J connectivity index is 1.61. The van der Waals surface area contributed by atoms with Crippen LogP contribution in [0, 0.1) is 0 Å². The summed E-state index contributed by atoms with van der Waals surface area (Å²) in [5.74, 6) is 0.0627. The van der Waals surface area contributed by atoms with Gasteiger partial charge in [-0.3, -0.25) is 4.79 Å². The summed E-state index contributed by atoms with van der Waals surface area (Å²) in [6, 6.07) is 19.4. The zero-order valence-corrected chi connectivity index (χ0v) is 13.1. The highest BCUT2D eigenvalue weighted by atomic mass is 32.1. The number of carbonyl (C=O) groups excluding carboxylic acids is 1. The van der Waals surface area contributed by atoms with Crippen molar-refractivity contribution in [2.75, 3.05) is 13.2 Å². The zero-order chi connectivity index (χ0) is 15.6. The molecule has 3 nitrogen and oxygen atoms in total.